The number of nitro groups is 1. The van der Waals surface area contributed by atoms with Crippen molar-refractivity contribution in [1.29, 1.82) is 0 Å². The molecule has 2 rings (SSSR count). The fourth-order valence-electron chi connectivity index (χ4n) is 1.71. The Morgan fingerprint density at radius 2 is 2.21 bits per heavy atom. The van der Waals surface area contributed by atoms with E-state index < -0.39 is 0 Å². The van der Waals surface area contributed by atoms with Crippen LogP contribution in [0.4, 0.5) is 5.00 Å². The smallest absolute Gasteiger partial charge is 0.305 e. The van der Waals surface area contributed by atoms with Crippen LogP contribution in [0.3, 0.4) is 0 Å². The zero-order valence-electron chi connectivity index (χ0n) is 10.3. The quantitative estimate of drug-likeness (QED) is 0.653. The van der Waals surface area contributed by atoms with Crippen LogP contribution in [0.5, 0.6) is 0 Å². The fourth-order valence-corrected chi connectivity index (χ4v) is 2.89. The van der Waals surface area contributed by atoms with Crippen LogP contribution in [0.25, 0.3) is 0 Å². The largest absolute Gasteiger partial charge is 0.324 e. The van der Waals surface area contributed by atoms with Crippen LogP contribution in [-0.4, -0.2) is 4.92 Å². The highest BCUT2D eigenvalue weighted by Crippen LogP contribution is 2.24. The number of hydrogen-bond acceptors (Lipinski definition) is 4. The summed E-state index contributed by atoms with van der Waals surface area (Å²) in [5, 5.41) is 14.2. The van der Waals surface area contributed by atoms with Crippen molar-refractivity contribution in [2.75, 3.05) is 0 Å². The van der Waals surface area contributed by atoms with E-state index in [-0.39, 0.29) is 16.0 Å². The molecule has 0 fully saturated rings. The molecule has 0 aliphatic heterocycles. The van der Waals surface area contributed by atoms with E-state index in [0.717, 1.165) is 9.35 Å². The molecule has 1 aromatic heterocycles. The molecule has 0 saturated heterocycles. The maximum atomic E-state index is 10.6. The van der Waals surface area contributed by atoms with Crippen molar-refractivity contribution < 1.29 is 4.92 Å². The number of hydrogen-bond donors (Lipinski definition) is 1. The summed E-state index contributed by atoms with van der Waals surface area (Å²) in [5.41, 5.74) is 1.18. The zero-order chi connectivity index (χ0) is 13.8. The molecule has 2 aromatic rings. The van der Waals surface area contributed by atoms with Crippen molar-refractivity contribution in [2.24, 2.45) is 0 Å². The Labute approximate surface area is 123 Å². The lowest BCUT2D eigenvalue weighted by Gasteiger charge is -2.13. The molecule has 0 amide bonds. The highest BCUT2D eigenvalue weighted by molar-refractivity contribution is 9.10. The summed E-state index contributed by atoms with van der Waals surface area (Å²) >= 11 is 4.66. The summed E-state index contributed by atoms with van der Waals surface area (Å²) in [4.78, 5) is 11.2. The fraction of sp³-hybridized carbons (Fsp3) is 0.231. The highest BCUT2D eigenvalue weighted by atomic mass is 79.9. The molecule has 0 unspecified atom stereocenters. The molecular weight excluding hydrogens is 328 g/mol. The second-order valence-electron chi connectivity index (χ2n) is 4.15. The predicted octanol–water partition coefficient (Wildman–Crippen LogP) is 4.27. The number of thiophene rings is 1. The summed E-state index contributed by atoms with van der Waals surface area (Å²) < 4.78 is 1.05. The first kappa shape index (κ1) is 14.2. The first-order valence-electron chi connectivity index (χ1n) is 5.78. The van der Waals surface area contributed by atoms with Crippen molar-refractivity contribution in [2.45, 2.75) is 19.5 Å². The minimum Gasteiger partial charge on any atom is -0.305 e. The van der Waals surface area contributed by atoms with Crippen molar-refractivity contribution in [1.82, 2.24) is 5.32 Å². The van der Waals surface area contributed by atoms with Crippen LogP contribution in [0.2, 0.25) is 0 Å². The third kappa shape index (κ3) is 3.86. The minimum absolute atomic E-state index is 0.187. The molecule has 1 aromatic carbocycles. The highest BCUT2D eigenvalue weighted by Gasteiger charge is 2.11. The number of nitrogens with one attached hydrogen (secondary N) is 1. The lowest BCUT2D eigenvalue weighted by Crippen LogP contribution is -2.17. The third-order valence-electron chi connectivity index (χ3n) is 2.76. The molecular formula is C13H13BrN2O2S. The summed E-state index contributed by atoms with van der Waals surface area (Å²) in [7, 11) is 0. The molecule has 0 aliphatic carbocycles. The van der Waals surface area contributed by atoms with Crippen molar-refractivity contribution in [3.8, 4) is 0 Å². The van der Waals surface area contributed by atoms with Gasteiger partial charge in [-0.2, -0.15) is 0 Å². The van der Waals surface area contributed by atoms with Gasteiger partial charge in [0.05, 0.1) is 4.92 Å². The van der Waals surface area contributed by atoms with Gasteiger partial charge in [0.2, 0.25) is 0 Å². The lowest BCUT2D eigenvalue weighted by atomic mass is 10.1. The molecule has 19 heavy (non-hydrogen) atoms. The molecule has 1 N–H and O–H groups in total. The van der Waals surface area contributed by atoms with Gasteiger partial charge >= 0.3 is 5.00 Å². The number of rotatable bonds is 5. The molecule has 0 spiro atoms. The van der Waals surface area contributed by atoms with Crippen molar-refractivity contribution in [3.63, 3.8) is 0 Å². The Bertz CT molecular complexity index is 586. The number of benzene rings is 1. The van der Waals surface area contributed by atoms with Gasteiger partial charge in [-0.25, -0.2) is 0 Å². The van der Waals surface area contributed by atoms with Crippen LogP contribution in [0, 0.1) is 10.1 Å². The summed E-state index contributed by atoms with van der Waals surface area (Å²) in [6.45, 7) is 2.70. The van der Waals surface area contributed by atoms with E-state index in [0.29, 0.717) is 6.54 Å². The van der Waals surface area contributed by atoms with E-state index >= 15 is 0 Å². The van der Waals surface area contributed by atoms with E-state index in [1.54, 1.807) is 12.1 Å². The Morgan fingerprint density at radius 1 is 1.42 bits per heavy atom. The van der Waals surface area contributed by atoms with Gasteiger partial charge in [0, 0.05) is 28.0 Å². The molecule has 4 nitrogen and oxygen atoms in total. The second kappa shape index (κ2) is 6.27. The Hall–Kier alpha value is -1.24. The van der Waals surface area contributed by atoms with Gasteiger partial charge in [-0.3, -0.25) is 10.1 Å². The SMILES string of the molecule is C[C@H](NCc1ccc([N+](=O)[O-])s1)c1cccc(Br)c1. The molecule has 0 saturated carbocycles. The second-order valence-corrected chi connectivity index (χ2v) is 6.22. The van der Waals surface area contributed by atoms with Gasteiger partial charge < -0.3 is 5.32 Å². The van der Waals surface area contributed by atoms with Crippen molar-refractivity contribution in [3.05, 3.63) is 61.4 Å². The molecule has 1 heterocycles. The van der Waals surface area contributed by atoms with Gasteiger partial charge in [0.1, 0.15) is 0 Å². The van der Waals surface area contributed by atoms with Crippen LogP contribution < -0.4 is 5.32 Å². The van der Waals surface area contributed by atoms with Crippen LogP contribution in [0.1, 0.15) is 23.4 Å². The topological polar surface area (TPSA) is 55.2 Å². The number of nitrogens with zero attached hydrogens (tertiary/aromatic N) is 1. The van der Waals surface area contributed by atoms with E-state index in [4.69, 9.17) is 0 Å². The Balaban J connectivity index is 1.96. The first-order chi connectivity index (χ1) is 9.06. The van der Waals surface area contributed by atoms with E-state index in [2.05, 4.69) is 40.3 Å². The maximum Gasteiger partial charge on any atom is 0.324 e. The molecule has 6 heteroatoms. The maximum absolute atomic E-state index is 10.6. The average Bonchev–Trinajstić information content (AvgIpc) is 2.85. The molecule has 100 valence electrons. The standard InChI is InChI=1S/C13H13BrN2O2S/c1-9(10-3-2-4-11(14)7-10)15-8-12-5-6-13(19-12)16(17)18/h2-7,9,15H,8H2,1H3/t9-/m0/s1. The minimum atomic E-state index is -0.355. The third-order valence-corrected chi connectivity index (χ3v) is 4.29. The van der Waals surface area contributed by atoms with Crippen LogP contribution >= 0.6 is 27.3 Å². The van der Waals surface area contributed by atoms with Gasteiger partial charge in [-0.1, -0.05) is 39.4 Å². The monoisotopic (exact) mass is 340 g/mol. The van der Waals surface area contributed by atoms with Crippen LogP contribution in [-0.2, 0) is 6.54 Å². The Morgan fingerprint density at radius 3 is 2.84 bits per heavy atom. The van der Waals surface area contributed by atoms with Gasteiger partial charge in [0.15, 0.2) is 0 Å². The lowest BCUT2D eigenvalue weighted by molar-refractivity contribution is -0.380. The summed E-state index contributed by atoms with van der Waals surface area (Å²) in [5.74, 6) is 0. The van der Waals surface area contributed by atoms with E-state index in [9.17, 15) is 10.1 Å². The summed E-state index contributed by atoms with van der Waals surface area (Å²) in [6.07, 6.45) is 0. The normalized spacial score (nSPS) is 12.3. The van der Waals surface area contributed by atoms with Gasteiger partial charge in [0.25, 0.3) is 0 Å². The van der Waals surface area contributed by atoms with Crippen LogP contribution in [0.15, 0.2) is 40.9 Å². The van der Waals surface area contributed by atoms with Gasteiger partial charge in [-0.05, 0) is 30.7 Å². The average molecular weight is 341 g/mol. The summed E-state index contributed by atoms with van der Waals surface area (Å²) in [6, 6.07) is 11.6. The molecule has 1 atom stereocenters. The van der Waals surface area contributed by atoms with Gasteiger partial charge in [-0.15, -0.1) is 0 Å². The molecule has 0 radical (unpaired) electrons. The van der Waals surface area contributed by atoms with Crippen molar-refractivity contribution >= 4 is 32.3 Å². The first-order valence-corrected chi connectivity index (χ1v) is 7.39. The molecule has 0 aliphatic rings. The number of halogens is 1. The van der Waals surface area contributed by atoms with E-state index in [1.807, 2.05) is 12.1 Å². The van der Waals surface area contributed by atoms with E-state index in [1.165, 1.54) is 16.9 Å². The zero-order valence-corrected chi connectivity index (χ0v) is 12.7. The Kier molecular flexibility index (Phi) is 4.68. The predicted molar refractivity (Wildman–Crippen MR) is 80.4 cm³/mol. The molecule has 0 bridgehead atoms.